The number of benzene rings is 2. The van der Waals surface area contributed by atoms with Crippen LogP contribution < -0.4 is 5.32 Å². The topological polar surface area (TPSA) is 46.9 Å². The minimum atomic E-state index is -0.124. The highest BCUT2D eigenvalue weighted by atomic mass is 35.5. The molecule has 5 heteroatoms. The van der Waals surface area contributed by atoms with Gasteiger partial charge in [0.15, 0.2) is 0 Å². The zero-order valence-corrected chi connectivity index (χ0v) is 13.2. The maximum Gasteiger partial charge on any atom is 0.254 e. The smallest absolute Gasteiger partial charge is 0.254 e. The molecular weight excluding hydrogens is 310 g/mol. The molecule has 0 bridgehead atoms. The second-order valence-electron chi connectivity index (χ2n) is 5.14. The van der Waals surface area contributed by atoms with Gasteiger partial charge in [0.25, 0.3) is 5.91 Å². The van der Waals surface area contributed by atoms with Crippen molar-refractivity contribution in [3.8, 4) is 5.69 Å². The van der Waals surface area contributed by atoms with E-state index in [2.05, 4.69) is 10.4 Å². The maximum absolute atomic E-state index is 12.1. The van der Waals surface area contributed by atoms with Crippen molar-refractivity contribution < 1.29 is 4.79 Å². The summed E-state index contributed by atoms with van der Waals surface area (Å²) in [7, 11) is 0. The second-order valence-corrected chi connectivity index (χ2v) is 5.58. The Labute approximate surface area is 139 Å². The Morgan fingerprint density at radius 3 is 2.57 bits per heavy atom. The lowest BCUT2D eigenvalue weighted by Crippen LogP contribution is -2.25. The summed E-state index contributed by atoms with van der Waals surface area (Å²) in [4.78, 5) is 12.1. The largest absolute Gasteiger partial charge is 0.352 e. The van der Waals surface area contributed by atoms with Gasteiger partial charge in [-0.3, -0.25) is 4.79 Å². The molecule has 0 aliphatic carbocycles. The van der Waals surface area contributed by atoms with Gasteiger partial charge in [0, 0.05) is 17.8 Å². The van der Waals surface area contributed by atoms with Gasteiger partial charge in [-0.15, -0.1) is 0 Å². The Bertz CT molecular complexity index is 782. The molecule has 0 fully saturated rings. The van der Waals surface area contributed by atoms with Gasteiger partial charge in [0.1, 0.15) is 0 Å². The molecule has 23 heavy (non-hydrogen) atoms. The highest BCUT2D eigenvalue weighted by Crippen LogP contribution is 2.13. The van der Waals surface area contributed by atoms with E-state index in [1.54, 1.807) is 29.2 Å². The van der Waals surface area contributed by atoms with Gasteiger partial charge in [-0.25, -0.2) is 4.68 Å². The molecule has 0 atom stereocenters. The molecular formula is C18H16ClN3O. The fourth-order valence-corrected chi connectivity index (χ4v) is 2.37. The van der Waals surface area contributed by atoms with E-state index in [0.29, 0.717) is 17.1 Å². The number of halogens is 1. The highest BCUT2D eigenvalue weighted by molar-refractivity contribution is 6.30. The van der Waals surface area contributed by atoms with Crippen molar-refractivity contribution >= 4 is 17.5 Å². The SMILES string of the molecule is O=C(NCCc1ccccc1)c1cnn(-c2ccc(Cl)cc2)c1. The molecule has 1 aromatic heterocycles. The predicted octanol–water partition coefficient (Wildman–Crippen LogP) is 3.50. The fraction of sp³-hybridized carbons (Fsp3) is 0.111. The van der Waals surface area contributed by atoms with Crippen LogP contribution in [0.4, 0.5) is 0 Å². The van der Waals surface area contributed by atoms with Crippen molar-refractivity contribution in [2.75, 3.05) is 6.54 Å². The van der Waals surface area contributed by atoms with Crippen molar-refractivity contribution in [2.45, 2.75) is 6.42 Å². The van der Waals surface area contributed by atoms with E-state index in [1.165, 1.54) is 5.56 Å². The van der Waals surface area contributed by atoms with Crippen LogP contribution in [0, 0.1) is 0 Å². The van der Waals surface area contributed by atoms with E-state index in [1.807, 2.05) is 42.5 Å². The molecule has 1 amide bonds. The van der Waals surface area contributed by atoms with Crippen LogP contribution in [0.15, 0.2) is 67.0 Å². The van der Waals surface area contributed by atoms with Crippen LogP contribution in [-0.2, 0) is 6.42 Å². The first-order chi connectivity index (χ1) is 11.2. The fourth-order valence-electron chi connectivity index (χ4n) is 2.24. The first kappa shape index (κ1) is 15.3. The molecule has 0 aliphatic heterocycles. The van der Waals surface area contributed by atoms with E-state index in [4.69, 9.17) is 11.6 Å². The van der Waals surface area contributed by atoms with Crippen molar-refractivity contribution in [1.82, 2.24) is 15.1 Å². The molecule has 0 saturated carbocycles. The zero-order chi connectivity index (χ0) is 16.1. The van der Waals surface area contributed by atoms with Gasteiger partial charge < -0.3 is 5.32 Å². The second kappa shape index (κ2) is 7.11. The zero-order valence-electron chi connectivity index (χ0n) is 12.4. The summed E-state index contributed by atoms with van der Waals surface area (Å²) in [6.07, 6.45) is 4.07. The minimum Gasteiger partial charge on any atom is -0.352 e. The summed E-state index contributed by atoms with van der Waals surface area (Å²) in [5.74, 6) is -0.124. The number of nitrogens with zero attached hydrogens (tertiary/aromatic N) is 2. The minimum absolute atomic E-state index is 0.124. The quantitative estimate of drug-likeness (QED) is 0.780. The van der Waals surface area contributed by atoms with Crippen LogP contribution >= 0.6 is 11.6 Å². The Morgan fingerprint density at radius 2 is 1.83 bits per heavy atom. The third-order valence-corrected chi connectivity index (χ3v) is 3.73. The number of nitrogens with one attached hydrogen (secondary N) is 1. The molecule has 0 radical (unpaired) electrons. The first-order valence-electron chi connectivity index (χ1n) is 7.35. The number of amides is 1. The predicted molar refractivity (Wildman–Crippen MR) is 91.1 cm³/mol. The van der Waals surface area contributed by atoms with Crippen molar-refractivity contribution in [1.29, 1.82) is 0 Å². The summed E-state index contributed by atoms with van der Waals surface area (Å²) in [5.41, 5.74) is 2.59. The molecule has 2 aromatic carbocycles. The summed E-state index contributed by atoms with van der Waals surface area (Å²) >= 11 is 5.87. The van der Waals surface area contributed by atoms with Crippen LogP contribution in [0.2, 0.25) is 5.02 Å². The average Bonchev–Trinajstić information content (AvgIpc) is 3.06. The number of carbonyl (C=O) groups excluding carboxylic acids is 1. The van der Waals surface area contributed by atoms with Crippen molar-refractivity contribution in [3.63, 3.8) is 0 Å². The van der Waals surface area contributed by atoms with Crippen LogP contribution in [0.3, 0.4) is 0 Å². The first-order valence-corrected chi connectivity index (χ1v) is 7.73. The number of carbonyl (C=O) groups is 1. The lowest BCUT2D eigenvalue weighted by atomic mass is 10.1. The molecule has 0 spiro atoms. The lowest BCUT2D eigenvalue weighted by Gasteiger charge is -2.04. The monoisotopic (exact) mass is 325 g/mol. The standard InChI is InChI=1S/C18H16ClN3O/c19-16-6-8-17(9-7-16)22-13-15(12-21-22)18(23)20-11-10-14-4-2-1-3-5-14/h1-9,12-13H,10-11H2,(H,20,23). The van der Waals surface area contributed by atoms with Crippen molar-refractivity contribution in [2.24, 2.45) is 0 Å². The van der Waals surface area contributed by atoms with E-state index in [-0.39, 0.29) is 5.91 Å². The number of rotatable bonds is 5. The average molecular weight is 326 g/mol. The van der Waals surface area contributed by atoms with E-state index >= 15 is 0 Å². The van der Waals surface area contributed by atoms with Crippen LogP contribution in [0.5, 0.6) is 0 Å². The summed E-state index contributed by atoms with van der Waals surface area (Å²) < 4.78 is 1.66. The molecule has 4 nitrogen and oxygen atoms in total. The van der Waals surface area contributed by atoms with Gasteiger partial charge in [-0.2, -0.15) is 5.10 Å². The summed E-state index contributed by atoms with van der Waals surface area (Å²) in [5, 5.41) is 7.79. The van der Waals surface area contributed by atoms with E-state index in [0.717, 1.165) is 12.1 Å². The Kier molecular flexibility index (Phi) is 4.74. The Hall–Kier alpha value is -2.59. The lowest BCUT2D eigenvalue weighted by molar-refractivity contribution is 0.0954. The van der Waals surface area contributed by atoms with Crippen molar-refractivity contribution in [3.05, 3.63) is 83.1 Å². The number of aromatic nitrogens is 2. The Balaban J connectivity index is 1.59. The van der Waals surface area contributed by atoms with Crippen LogP contribution in [-0.4, -0.2) is 22.2 Å². The summed E-state index contributed by atoms with van der Waals surface area (Å²) in [6.45, 7) is 0.592. The Morgan fingerprint density at radius 1 is 1.09 bits per heavy atom. The normalized spacial score (nSPS) is 10.5. The van der Waals surface area contributed by atoms with Gasteiger partial charge in [0.2, 0.25) is 0 Å². The van der Waals surface area contributed by atoms with Crippen LogP contribution in [0.1, 0.15) is 15.9 Å². The van der Waals surface area contributed by atoms with E-state index in [9.17, 15) is 4.79 Å². The van der Waals surface area contributed by atoms with Gasteiger partial charge in [-0.1, -0.05) is 41.9 Å². The van der Waals surface area contributed by atoms with Gasteiger partial charge in [-0.05, 0) is 36.2 Å². The third-order valence-electron chi connectivity index (χ3n) is 3.48. The molecule has 0 unspecified atom stereocenters. The molecule has 0 saturated heterocycles. The third kappa shape index (κ3) is 3.99. The molecule has 3 rings (SSSR count). The molecule has 0 aliphatic rings. The van der Waals surface area contributed by atoms with E-state index < -0.39 is 0 Å². The number of hydrogen-bond acceptors (Lipinski definition) is 2. The van der Waals surface area contributed by atoms with Crippen LogP contribution in [0.25, 0.3) is 5.69 Å². The van der Waals surface area contributed by atoms with Gasteiger partial charge >= 0.3 is 0 Å². The number of hydrogen-bond donors (Lipinski definition) is 1. The molecule has 1 heterocycles. The highest BCUT2D eigenvalue weighted by Gasteiger charge is 2.09. The summed E-state index contributed by atoms with van der Waals surface area (Å²) in [6, 6.07) is 17.3. The molecule has 1 N–H and O–H groups in total. The molecule has 116 valence electrons. The molecule has 3 aromatic rings. The van der Waals surface area contributed by atoms with Gasteiger partial charge in [0.05, 0.1) is 17.4 Å². The maximum atomic E-state index is 12.1.